The second kappa shape index (κ2) is 5.13. The van der Waals surface area contributed by atoms with Crippen molar-refractivity contribution in [1.29, 1.82) is 0 Å². The Hall–Kier alpha value is -1.08. The van der Waals surface area contributed by atoms with Gasteiger partial charge in [0.1, 0.15) is 0 Å². The smallest absolute Gasteiger partial charge is 0.00146 e. The number of aryl methyl sites for hydroxylation is 1. The van der Waals surface area contributed by atoms with E-state index in [9.17, 15) is 0 Å². The second-order valence-electron chi connectivity index (χ2n) is 4.41. The molecule has 1 unspecified atom stereocenters. The molecule has 0 amide bonds. The van der Waals surface area contributed by atoms with Gasteiger partial charge in [-0.15, -0.1) is 6.58 Å². The molecule has 1 nitrogen and oxygen atoms in total. The maximum Gasteiger partial charge on any atom is 0.00146 e. The topological polar surface area (TPSA) is 26.0 Å². The van der Waals surface area contributed by atoms with E-state index in [4.69, 9.17) is 5.73 Å². The summed E-state index contributed by atoms with van der Waals surface area (Å²) in [5.74, 6) is 0. The molecule has 1 aromatic carbocycles. The van der Waals surface area contributed by atoms with Crippen molar-refractivity contribution >= 4 is 0 Å². The Morgan fingerprint density at radius 2 is 1.80 bits per heavy atom. The summed E-state index contributed by atoms with van der Waals surface area (Å²) in [6.07, 6.45) is 4.02. The van der Waals surface area contributed by atoms with E-state index >= 15 is 0 Å². The summed E-state index contributed by atoms with van der Waals surface area (Å²) in [6, 6.07) is 8.76. The predicted octanol–water partition coefficient (Wildman–Crippen LogP) is 2.94. The molecular formula is C14H21N. The highest BCUT2D eigenvalue weighted by atomic mass is 14.6. The van der Waals surface area contributed by atoms with Crippen LogP contribution in [0.25, 0.3) is 0 Å². The molecule has 0 saturated carbocycles. The first kappa shape index (κ1) is 12.0. The molecule has 15 heavy (non-hydrogen) atoms. The van der Waals surface area contributed by atoms with Crippen molar-refractivity contribution in [3.63, 3.8) is 0 Å². The molecule has 2 N–H and O–H groups in total. The molecule has 0 fully saturated rings. The van der Waals surface area contributed by atoms with Crippen molar-refractivity contribution in [1.82, 2.24) is 0 Å². The van der Waals surface area contributed by atoms with Crippen LogP contribution in [0.3, 0.4) is 0 Å². The van der Waals surface area contributed by atoms with E-state index in [1.54, 1.807) is 0 Å². The average Bonchev–Trinajstić information content (AvgIpc) is 2.30. The van der Waals surface area contributed by atoms with E-state index in [-0.39, 0.29) is 5.41 Å². The molecule has 0 spiro atoms. The Labute approximate surface area is 93.0 Å². The first-order valence-electron chi connectivity index (χ1n) is 5.55. The van der Waals surface area contributed by atoms with E-state index in [1.165, 1.54) is 11.1 Å². The van der Waals surface area contributed by atoms with Gasteiger partial charge in [0.15, 0.2) is 0 Å². The third kappa shape index (κ3) is 3.21. The van der Waals surface area contributed by atoms with Crippen LogP contribution in [-0.2, 0) is 12.8 Å². The van der Waals surface area contributed by atoms with Crippen LogP contribution in [0, 0.1) is 5.41 Å². The van der Waals surface area contributed by atoms with E-state index in [1.807, 2.05) is 6.08 Å². The Morgan fingerprint density at radius 3 is 2.20 bits per heavy atom. The Kier molecular flexibility index (Phi) is 4.10. The van der Waals surface area contributed by atoms with Crippen LogP contribution in [-0.4, -0.2) is 6.54 Å². The highest BCUT2D eigenvalue weighted by Gasteiger charge is 2.18. The zero-order chi connectivity index (χ0) is 11.3. The summed E-state index contributed by atoms with van der Waals surface area (Å²) in [5, 5.41) is 0. The fourth-order valence-corrected chi connectivity index (χ4v) is 1.59. The lowest BCUT2D eigenvalue weighted by atomic mass is 9.84. The first-order valence-corrected chi connectivity index (χ1v) is 5.55. The zero-order valence-corrected chi connectivity index (χ0v) is 9.79. The Morgan fingerprint density at radius 1 is 1.27 bits per heavy atom. The minimum atomic E-state index is 0.0216. The highest BCUT2D eigenvalue weighted by Crippen LogP contribution is 2.22. The van der Waals surface area contributed by atoms with Gasteiger partial charge >= 0.3 is 0 Å². The Bertz CT molecular complexity index is 313. The number of benzene rings is 1. The molecule has 0 heterocycles. The van der Waals surface area contributed by atoms with Crippen LogP contribution in [0.4, 0.5) is 0 Å². The van der Waals surface area contributed by atoms with E-state index < -0.39 is 0 Å². The van der Waals surface area contributed by atoms with Crippen molar-refractivity contribution in [2.45, 2.75) is 26.7 Å². The summed E-state index contributed by atoms with van der Waals surface area (Å²) < 4.78 is 0. The van der Waals surface area contributed by atoms with Crippen molar-refractivity contribution in [3.8, 4) is 0 Å². The SMILES string of the molecule is C=CC(C)(CN)Cc1ccc(CC)cc1. The molecule has 0 saturated heterocycles. The highest BCUT2D eigenvalue weighted by molar-refractivity contribution is 5.24. The van der Waals surface area contributed by atoms with Gasteiger partial charge in [0.05, 0.1) is 0 Å². The minimum Gasteiger partial charge on any atom is -0.330 e. The summed E-state index contributed by atoms with van der Waals surface area (Å²) in [4.78, 5) is 0. The van der Waals surface area contributed by atoms with E-state index in [0.29, 0.717) is 6.54 Å². The van der Waals surface area contributed by atoms with Gasteiger partial charge < -0.3 is 5.73 Å². The standard InChI is InChI=1S/C14H21N/c1-4-12-6-8-13(9-7-12)10-14(3,5-2)11-15/h5-9H,2,4,10-11,15H2,1,3H3. The normalized spacial score (nSPS) is 14.6. The third-order valence-electron chi connectivity index (χ3n) is 3.00. The van der Waals surface area contributed by atoms with Gasteiger partial charge in [0, 0.05) is 12.0 Å². The van der Waals surface area contributed by atoms with Gasteiger partial charge in [0.25, 0.3) is 0 Å². The van der Waals surface area contributed by atoms with Crippen molar-refractivity contribution in [2.24, 2.45) is 11.1 Å². The van der Waals surface area contributed by atoms with Crippen LogP contribution in [0.1, 0.15) is 25.0 Å². The molecule has 1 rings (SSSR count). The average molecular weight is 203 g/mol. The van der Waals surface area contributed by atoms with Crippen LogP contribution in [0.15, 0.2) is 36.9 Å². The molecule has 1 heteroatoms. The van der Waals surface area contributed by atoms with Gasteiger partial charge in [-0.2, -0.15) is 0 Å². The van der Waals surface area contributed by atoms with Crippen LogP contribution in [0.5, 0.6) is 0 Å². The molecule has 0 radical (unpaired) electrons. The lowest BCUT2D eigenvalue weighted by molar-refractivity contribution is 0.439. The van der Waals surface area contributed by atoms with Gasteiger partial charge in [-0.1, -0.05) is 44.2 Å². The van der Waals surface area contributed by atoms with Crippen molar-refractivity contribution in [2.75, 3.05) is 6.54 Å². The molecule has 0 aliphatic heterocycles. The molecule has 0 bridgehead atoms. The monoisotopic (exact) mass is 203 g/mol. The largest absolute Gasteiger partial charge is 0.330 e. The molecule has 0 aliphatic carbocycles. The maximum atomic E-state index is 5.75. The maximum absolute atomic E-state index is 5.75. The van der Waals surface area contributed by atoms with Crippen LogP contribution >= 0.6 is 0 Å². The summed E-state index contributed by atoms with van der Waals surface area (Å²) in [7, 11) is 0. The fourth-order valence-electron chi connectivity index (χ4n) is 1.59. The summed E-state index contributed by atoms with van der Waals surface area (Å²) >= 11 is 0. The molecule has 1 atom stereocenters. The van der Waals surface area contributed by atoms with Gasteiger partial charge in [-0.05, 0) is 24.0 Å². The fraction of sp³-hybridized carbons (Fsp3) is 0.429. The van der Waals surface area contributed by atoms with E-state index in [0.717, 1.165) is 12.8 Å². The van der Waals surface area contributed by atoms with Gasteiger partial charge in [-0.25, -0.2) is 0 Å². The van der Waals surface area contributed by atoms with E-state index in [2.05, 4.69) is 44.7 Å². The molecule has 0 aromatic heterocycles. The number of nitrogens with two attached hydrogens (primary N) is 1. The lowest BCUT2D eigenvalue weighted by Crippen LogP contribution is -2.27. The zero-order valence-electron chi connectivity index (χ0n) is 9.79. The minimum absolute atomic E-state index is 0.0216. The van der Waals surface area contributed by atoms with Crippen LogP contribution < -0.4 is 5.73 Å². The molecule has 0 aliphatic rings. The van der Waals surface area contributed by atoms with Gasteiger partial charge in [0.2, 0.25) is 0 Å². The third-order valence-corrected chi connectivity index (χ3v) is 3.00. The molecule has 82 valence electrons. The quantitative estimate of drug-likeness (QED) is 0.732. The Balaban J connectivity index is 2.76. The second-order valence-corrected chi connectivity index (χ2v) is 4.41. The van der Waals surface area contributed by atoms with Crippen molar-refractivity contribution < 1.29 is 0 Å². The number of hydrogen-bond acceptors (Lipinski definition) is 1. The molecular weight excluding hydrogens is 182 g/mol. The number of hydrogen-bond donors (Lipinski definition) is 1. The van der Waals surface area contributed by atoms with Gasteiger partial charge in [-0.3, -0.25) is 0 Å². The summed E-state index contributed by atoms with van der Waals surface area (Å²) in [6.45, 7) is 8.81. The predicted molar refractivity (Wildman–Crippen MR) is 66.9 cm³/mol. The first-order chi connectivity index (χ1) is 7.13. The van der Waals surface area contributed by atoms with Crippen LogP contribution in [0.2, 0.25) is 0 Å². The summed E-state index contributed by atoms with van der Waals surface area (Å²) in [5.41, 5.74) is 8.49. The number of rotatable bonds is 5. The van der Waals surface area contributed by atoms with Crippen molar-refractivity contribution in [3.05, 3.63) is 48.0 Å². The lowest BCUT2D eigenvalue weighted by Gasteiger charge is -2.23. The molecule has 1 aromatic rings.